The van der Waals surface area contributed by atoms with Crippen LogP contribution in [0.3, 0.4) is 0 Å². The van der Waals surface area contributed by atoms with Crippen LogP contribution in [0.4, 0.5) is 0 Å². The van der Waals surface area contributed by atoms with Crippen molar-refractivity contribution >= 4 is 15.9 Å². The number of nitrogens with zero attached hydrogens (tertiary/aromatic N) is 3. The zero-order valence-electron chi connectivity index (χ0n) is 12.5. The Hall–Kier alpha value is -1.24. The topological polar surface area (TPSA) is 49.2 Å². The van der Waals surface area contributed by atoms with Gasteiger partial charge in [-0.15, -0.1) is 5.10 Å². The SMILES string of the molecule is CCOC(OCC)c1cn(-c2ccc(Br)cc2CC)nn1. The molecule has 2 rings (SSSR count). The van der Waals surface area contributed by atoms with E-state index in [1.165, 1.54) is 5.56 Å². The molecule has 0 aliphatic rings. The molecule has 21 heavy (non-hydrogen) atoms. The number of aromatic nitrogens is 3. The van der Waals surface area contributed by atoms with Crippen LogP contribution >= 0.6 is 15.9 Å². The molecule has 0 spiro atoms. The standard InChI is InChI=1S/C15H20BrN3O2/c1-4-11-9-12(16)7-8-14(11)19-10-13(17-18-19)15(20-5-2)21-6-3/h7-10,15H,4-6H2,1-3H3. The molecule has 0 unspecified atom stereocenters. The first-order valence-corrected chi connectivity index (χ1v) is 7.93. The van der Waals surface area contributed by atoms with Crippen LogP contribution in [-0.4, -0.2) is 28.2 Å². The van der Waals surface area contributed by atoms with Crippen LogP contribution in [-0.2, 0) is 15.9 Å². The Labute approximate surface area is 133 Å². The molecular weight excluding hydrogens is 334 g/mol. The van der Waals surface area contributed by atoms with Crippen molar-refractivity contribution in [3.05, 3.63) is 40.1 Å². The summed E-state index contributed by atoms with van der Waals surface area (Å²) in [6.07, 6.45) is 2.32. The highest BCUT2D eigenvalue weighted by Crippen LogP contribution is 2.22. The Balaban J connectivity index is 2.30. The van der Waals surface area contributed by atoms with E-state index in [2.05, 4.69) is 39.2 Å². The van der Waals surface area contributed by atoms with Gasteiger partial charge >= 0.3 is 0 Å². The van der Waals surface area contributed by atoms with E-state index in [-0.39, 0.29) is 0 Å². The Kier molecular flexibility index (Phi) is 5.90. The van der Waals surface area contributed by atoms with Crippen LogP contribution in [0.15, 0.2) is 28.9 Å². The molecule has 0 saturated heterocycles. The lowest BCUT2D eigenvalue weighted by atomic mass is 10.1. The molecule has 1 aromatic heterocycles. The lowest BCUT2D eigenvalue weighted by molar-refractivity contribution is -0.142. The number of aryl methyl sites for hydroxylation is 1. The average Bonchev–Trinajstić information content (AvgIpc) is 2.96. The molecule has 0 fully saturated rings. The summed E-state index contributed by atoms with van der Waals surface area (Å²) in [5.74, 6) is 0. The summed E-state index contributed by atoms with van der Waals surface area (Å²) in [4.78, 5) is 0. The summed E-state index contributed by atoms with van der Waals surface area (Å²) in [5.41, 5.74) is 2.90. The van der Waals surface area contributed by atoms with Gasteiger partial charge in [0.15, 0.2) is 0 Å². The van der Waals surface area contributed by atoms with Gasteiger partial charge in [0.05, 0.1) is 11.9 Å². The van der Waals surface area contributed by atoms with Crippen molar-refractivity contribution in [3.63, 3.8) is 0 Å². The van der Waals surface area contributed by atoms with Gasteiger partial charge in [-0.1, -0.05) is 28.1 Å². The lowest BCUT2D eigenvalue weighted by Gasteiger charge is -2.13. The van der Waals surface area contributed by atoms with Gasteiger partial charge in [0.25, 0.3) is 0 Å². The monoisotopic (exact) mass is 353 g/mol. The van der Waals surface area contributed by atoms with Crippen molar-refractivity contribution in [1.82, 2.24) is 15.0 Å². The minimum absolute atomic E-state index is 0.464. The van der Waals surface area contributed by atoms with Crippen LogP contribution in [0.2, 0.25) is 0 Å². The number of ether oxygens (including phenoxy) is 2. The second kappa shape index (κ2) is 7.68. The first-order chi connectivity index (χ1) is 10.2. The molecule has 1 heterocycles. The second-order valence-electron chi connectivity index (χ2n) is 4.46. The third-order valence-corrected chi connectivity index (χ3v) is 3.55. The van der Waals surface area contributed by atoms with Crippen molar-refractivity contribution in [2.75, 3.05) is 13.2 Å². The lowest BCUT2D eigenvalue weighted by Crippen LogP contribution is -2.09. The van der Waals surface area contributed by atoms with Crippen LogP contribution in [0.1, 0.15) is 38.3 Å². The second-order valence-corrected chi connectivity index (χ2v) is 5.37. The molecule has 114 valence electrons. The molecule has 2 aromatic rings. The molecule has 0 saturated carbocycles. The minimum atomic E-state index is -0.464. The largest absolute Gasteiger partial charge is 0.347 e. The van der Waals surface area contributed by atoms with Crippen molar-refractivity contribution < 1.29 is 9.47 Å². The van der Waals surface area contributed by atoms with E-state index in [1.807, 2.05) is 32.2 Å². The summed E-state index contributed by atoms with van der Waals surface area (Å²) in [6.45, 7) is 7.11. The van der Waals surface area contributed by atoms with E-state index in [0.29, 0.717) is 18.9 Å². The average molecular weight is 354 g/mol. The van der Waals surface area contributed by atoms with Gasteiger partial charge in [-0.25, -0.2) is 4.68 Å². The van der Waals surface area contributed by atoms with Gasteiger partial charge in [0, 0.05) is 17.7 Å². The minimum Gasteiger partial charge on any atom is -0.347 e. The summed E-state index contributed by atoms with van der Waals surface area (Å²) in [7, 11) is 0. The predicted octanol–water partition coefficient (Wildman–Crippen LogP) is 3.66. The highest BCUT2D eigenvalue weighted by molar-refractivity contribution is 9.10. The number of hydrogen-bond acceptors (Lipinski definition) is 4. The summed E-state index contributed by atoms with van der Waals surface area (Å²) < 4.78 is 13.9. The predicted molar refractivity (Wildman–Crippen MR) is 84.4 cm³/mol. The first kappa shape index (κ1) is 16.1. The first-order valence-electron chi connectivity index (χ1n) is 7.13. The molecule has 1 aromatic carbocycles. The molecule has 0 atom stereocenters. The van der Waals surface area contributed by atoms with Crippen LogP contribution in [0, 0.1) is 0 Å². The van der Waals surface area contributed by atoms with Gasteiger partial charge in [0.2, 0.25) is 6.29 Å². The van der Waals surface area contributed by atoms with E-state index in [0.717, 1.165) is 16.6 Å². The summed E-state index contributed by atoms with van der Waals surface area (Å²) >= 11 is 3.49. The molecule has 6 heteroatoms. The number of hydrogen-bond donors (Lipinski definition) is 0. The quantitative estimate of drug-likeness (QED) is 0.712. The normalized spacial score (nSPS) is 11.3. The van der Waals surface area contributed by atoms with Crippen LogP contribution < -0.4 is 0 Å². The molecule has 0 bridgehead atoms. The van der Waals surface area contributed by atoms with E-state index in [1.54, 1.807) is 4.68 Å². The Morgan fingerprint density at radius 2 is 1.90 bits per heavy atom. The molecule has 0 radical (unpaired) electrons. The van der Waals surface area contributed by atoms with Crippen LogP contribution in [0.25, 0.3) is 5.69 Å². The number of halogens is 1. The van der Waals surface area contributed by atoms with Crippen molar-refractivity contribution in [2.24, 2.45) is 0 Å². The van der Waals surface area contributed by atoms with Gasteiger partial charge in [0.1, 0.15) is 5.69 Å². The van der Waals surface area contributed by atoms with Crippen molar-refractivity contribution in [1.29, 1.82) is 0 Å². The fraction of sp³-hybridized carbons (Fsp3) is 0.467. The van der Waals surface area contributed by atoms with Crippen molar-refractivity contribution in [2.45, 2.75) is 33.5 Å². The molecule has 0 amide bonds. The van der Waals surface area contributed by atoms with Gasteiger partial charge in [-0.2, -0.15) is 0 Å². The molecule has 0 N–H and O–H groups in total. The third kappa shape index (κ3) is 3.90. The van der Waals surface area contributed by atoms with Gasteiger partial charge in [-0.3, -0.25) is 0 Å². The summed E-state index contributed by atoms with van der Waals surface area (Å²) in [5, 5.41) is 8.38. The fourth-order valence-corrected chi connectivity index (χ4v) is 2.49. The Bertz CT molecular complexity index is 580. The number of rotatable bonds is 7. The van der Waals surface area contributed by atoms with E-state index >= 15 is 0 Å². The molecule has 0 aliphatic heterocycles. The molecular formula is C15H20BrN3O2. The maximum Gasteiger partial charge on any atom is 0.204 e. The zero-order valence-corrected chi connectivity index (χ0v) is 14.1. The van der Waals surface area contributed by atoms with Crippen LogP contribution in [0.5, 0.6) is 0 Å². The Morgan fingerprint density at radius 3 is 2.52 bits per heavy atom. The maximum absolute atomic E-state index is 5.55. The third-order valence-electron chi connectivity index (χ3n) is 3.06. The number of benzene rings is 1. The maximum atomic E-state index is 5.55. The highest BCUT2D eigenvalue weighted by Gasteiger charge is 2.17. The molecule has 5 nitrogen and oxygen atoms in total. The smallest absolute Gasteiger partial charge is 0.204 e. The zero-order chi connectivity index (χ0) is 15.2. The van der Waals surface area contributed by atoms with E-state index < -0.39 is 6.29 Å². The Morgan fingerprint density at radius 1 is 1.19 bits per heavy atom. The highest BCUT2D eigenvalue weighted by atomic mass is 79.9. The van der Waals surface area contributed by atoms with E-state index in [9.17, 15) is 0 Å². The van der Waals surface area contributed by atoms with Gasteiger partial charge < -0.3 is 9.47 Å². The fourth-order valence-electron chi connectivity index (χ4n) is 2.08. The van der Waals surface area contributed by atoms with E-state index in [4.69, 9.17) is 9.47 Å². The van der Waals surface area contributed by atoms with Crippen molar-refractivity contribution in [3.8, 4) is 5.69 Å². The van der Waals surface area contributed by atoms with Gasteiger partial charge in [-0.05, 0) is 44.0 Å². The molecule has 0 aliphatic carbocycles. The summed E-state index contributed by atoms with van der Waals surface area (Å²) in [6, 6.07) is 6.12.